The molecule has 0 saturated heterocycles. The van der Waals surface area contributed by atoms with Crippen molar-refractivity contribution in [2.24, 2.45) is 0 Å². The number of carboxylic acids is 1. The number of carboxylic acid groups (broad SMARTS) is 1. The molecule has 1 aromatic rings. The third-order valence-electron chi connectivity index (χ3n) is 2.36. The maximum atomic E-state index is 11.0. The van der Waals surface area contributed by atoms with Gasteiger partial charge in [0.2, 0.25) is 0 Å². The van der Waals surface area contributed by atoms with Gasteiger partial charge in [0.15, 0.2) is 0 Å². The molecule has 0 amide bonds. The molecule has 0 fully saturated rings. The fourth-order valence-electron chi connectivity index (χ4n) is 1.20. The fraction of sp³-hybridized carbons (Fsp3) is 0.417. The van der Waals surface area contributed by atoms with E-state index in [0.717, 1.165) is 5.56 Å². The molecule has 88 valence electrons. The highest BCUT2D eigenvalue weighted by molar-refractivity contribution is 8.00. The van der Waals surface area contributed by atoms with Crippen molar-refractivity contribution in [2.45, 2.75) is 37.0 Å². The lowest BCUT2D eigenvalue weighted by Gasteiger charge is -2.15. The van der Waals surface area contributed by atoms with Crippen molar-refractivity contribution in [1.29, 1.82) is 0 Å². The van der Waals surface area contributed by atoms with Crippen LogP contribution in [0.2, 0.25) is 0 Å². The van der Waals surface area contributed by atoms with E-state index in [1.807, 2.05) is 19.9 Å². The number of aromatic carboxylic acids is 1. The molecule has 0 radical (unpaired) electrons. The number of hydrogen-bond acceptors (Lipinski definition) is 3. The van der Waals surface area contributed by atoms with E-state index in [0.29, 0.717) is 10.5 Å². The van der Waals surface area contributed by atoms with Crippen LogP contribution in [0.15, 0.2) is 23.1 Å². The minimum absolute atomic E-state index is 0.0279. The van der Waals surface area contributed by atoms with E-state index in [9.17, 15) is 9.90 Å². The quantitative estimate of drug-likeness (QED) is 0.794. The predicted octanol–water partition coefficient (Wildman–Crippen LogP) is 2.55. The van der Waals surface area contributed by atoms with Gasteiger partial charge in [-0.2, -0.15) is 0 Å². The van der Waals surface area contributed by atoms with Crippen LogP contribution in [-0.4, -0.2) is 27.5 Å². The zero-order chi connectivity index (χ0) is 12.3. The molecule has 0 aliphatic heterocycles. The Morgan fingerprint density at radius 2 is 2.00 bits per heavy atom. The van der Waals surface area contributed by atoms with Gasteiger partial charge in [-0.15, -0.1) is 11.8 Å². The molecule has 0 aliphatic carbocycles. The minimum Gasteiger partial charge on any atom is -0.478 e. The Morgan fingerprint density at radius 1 is 1.38 bits per heavy atom. The second kappa shape index (κ2) is 5.37. The first-order valence-corrected chi connectivity index (χ1v) is 5.98. The second-order valence-electron chi connectivity index (χ2n) is 3.87. The van der Waals surface area contributed by atoms with Crippen LogP contribution < -0.4 is 0 Å². The van der Waals surface area contributed by atoms with Crippen LogP contribution in [0, 0.1) is 6.92 Å². The number of thioether (sulfide) groups is 1. The van der Waals surface area contributed by atoms with E-state index in [1.165, 1.54) is 11.8 Å². The Labute approximate surface area is 99.5 Å². The van der Waals surface area contributed by atoms with Crippen LogP contribution in [-0.2, 0) is 0 Å². The first kappa shape index (κ1) is 13.1. The molecule has 2 atom stereocenters. The summed E-state index contributed by atoms with van der Waals surface area (Å²) in [7, 11) is 0. The van der Waals surface area contributed by atoms with Crippen LogP contribution in [0.4, 0.5) is 0 Å². The van der Waals surface area contributed by atoms with Crippen LogP contribution in [0.25, 0.3) is 0 Å². The number of carbonyl (C=O) groups is 1. The van der Waals surface area contributed by atoms with Crippen LogP contribution in [0.1, 0.15) is 29.8 Å². The zero-order valence-electron chi connectivity index (χ0n) is 9.60. The van der Waals surface area contributed by atoms with Gasteiger partial charge in [-0.05, 0) is 31.5 Å². The van der Waals surface area contributed by atoms with Crippen molar-refractivity contribution >= 4 is 17.7 Å². The van der Waals surface area contributed by atoms with Crippen LogP contribution >= 0.6 is 11.8 Å². The average Bonchev–Trinajstić information content (AvgIpc) is 2.16. The van der Waals surface area contributed by atoms with Gasteiger partial charge in [-0.25, -0.2) is 4.79 Å². The molecule has 16 heavy (non-hydrogen) atoms. The first-order valence-electron chi connectivity index (χ1n) is 5.10. The molecule has 2 N–H and O–H groups in total. The van der Waals surface area contributed by atoms with Gasteiger partial charge in [0.25, 0.3) is 0 Å². The van der Waals surface area contributed by atoms with Gasteiger partial charge in [0.1, 0.15) is 0 Å². The Balaban J connectivity index is 3.01. The maximum absolute atomic E-state index is 11.0. The third kappa shape index (κ3) is 3.25. The topological polar surface area (TPSA) is 57.5 Å². The highest BCUT2D eigenvalue weighted by Crippen LogP contribution is 2.29. The number of hydrogen-bond donors (Lipinski definition) is 2. The SMILES string of the molecule is Cc1ccc(C(=O)O)c(SC(C)C(C)O)c1. The van der Waals surface area contributed by atoms with Crippen LogP contribution in [0.5, 0.6) is 0 Å². The van der Waals surface area contributed by atoms with Crippen molar-refractivity contribution in [3.05, 3.63) is 29.3 Å². The van der Waals surface area contributed by atoms with E-state index in [1.54, 1.807) is 19.1 Å². The van der Waals surface area contributed by atoms with Gasteiger partial charge in [-0.3, -0.25) is 0 Å². The van der Waals surface area contributed by atoms with Crippen molar-refractivity contribution in [3.8, 4) is 0 Å². The van der Waals surface area contributed by atoms with E-state index >= 15 is 0 Å². The molecule has 1 aromatic carbocycles. The summed E-state index contributed by atoms with van der Waals surface area (Å²) < 4.78 is 0. The molecule has 0 saturated carbocycles. The van der Waals surface area contributed by atoms with Crippen molar-refractivity contribution < 1.29 is 15.0 Å². The van der Waals surface area contributed by atoms with E-state index in [4.69, 9.17) is 5.11 Å². The second-order valence-corrected chi connectivity index (χ2v) is 5.29. The largest absolute Gasteiger partial charge is 0.478 e. The smallest absolute Gasteiger partial charge is 0.336 e. The molecule has 3 nitrogen and oxygen atoms in total. The van der Waals surface area contributed by atoms with Crippen molar-refractivity contribution in [1.82, 2.24) is 0 Å². The van der Waals surface area contributed by atoms with Gasteiger partial charge in [0.05, 0.1) is 11.7 Å². The number of aliphatic hydroxyl groups is 1. The van der Waals surface area contributed by atoms with Gasteiger partial charge < -0.3 is 10.2 Å². The maximum Gasteiger partial charge on any atom is 0.336 e. The molecular formula is C12H16O3S. The summed E-state index contributed by atoms with van der Waals surface area (Å²) in [6.07, 6.45) is -0.466. The van der Waals surface area contributed by atoms with Crippen molar-refractivity contribution in [2.75, 3.05) is 0 Å². The zero-order valence-corrected chi connectivity index (χ0v) is 10.4. The van der Waals surface area contributed by atoms with Gasteiger partial charge in [-0.1, -0.05) is 13.0 Å². The van der Waals surface area contributed by atoms with E-state index in [-0.39, 0.29) is 5.25 Å². The summed E-state index contributed by atoms with van der Waals surface area (Å²) in [6, 6.07) is 5.22. The Kier molecular flexibility index (Phi) is 4.38. The first-order chi connectivity index (χ1) is 7.41. The number of aryl methyl sites for hydroxylation is 1. The molecule has 2 unspecified atom stereocenters. The molecule has 0 bridgehead atoms. The van der Waals surface area contributed by atoms with Crippen LogP contribution in [0.3, 0.4) is 0 Å². The minimum atomic E-state index is -0.930. The molecular weight excluding hydrogens is 224 g/mol. The third-order valence-corrected chi connectivity index (χ3v) is 3.72. The lowest BCUT2D eigenvalue weighted by Crippen LogP contribution is -2.15. The molecule has 0 spiro atoms. The fourth-order valence-corrected chi connectivity index (χ4v) is 2.34. The van der Waals surface area contributed by atoms with Gasteiger partial charge >= 0.3 is 5.97 Å². The monoisotopic (exact) mass is 240 g/mol. The normalized spacial score (nSPS) is 14.5. The summed E-state index contributed by atoms with van der Waals surface area (Å²) >= 11 is 1.39. The Hall–Kier alpha value is -1.00. The lowest BCUT2D eigenvalue weighted by atomic mass is 10.1. The summed E-state index contributed by atoms with van der Waals surface area (Å²) in [6.45, 7) is 5.50. The standard InChI is InChI=1S/C12H16O3S/c1-7-4-5-10(12(14)15)11(6-7)16-9(3)8(2)13/h4-6,8-9,13H,1-3H3,(H,14,15). The Bertz CT molecular complexity index is 388. The molecule has 0 aromatic heterocycles. The highest BCUT2D eigenvalue weighted by Gasteiger charge is 2.16. The number of aliphatic hydroxyl groups excluding tert-OH is 1. The van der Waals surface area contributed by atoms with Gasteiger partial charge in [0, 0.05) is 10.1 Å². The average molecular weight is 240 g/mol. The molecule has 1 rings (SSSR count). The Morgan fingerprint density at radius 3 is 2.50 bits per heavy atom. The number of rotatable bonds is 4. The molecule has 4 heteroatoms. The number of benzene rings is 1. The van der Waals surface area contributed by atoms with Crippen molar-refractivity contribution in [3.63, 3.8) is 0 Å². The van der Waals surface area contributed by atoms with E-state index in [2.05, 4.69) is 0 Å². The summed E-state index contributed by atoms with van der Waals surface area (Å²) in [5, 5.41) is 18.4. The predicted molar refractivity (Wildman–Crippen MR) is 65.1 cm³/mol. The summed E-state index contributed by atoms with van der Waals surface area (Å²) in [5.74, 6) is -0.930. The molecule has 0 aliphatic rings. The lowest BCUT2D eigenvalue weighted by molar-refractivity contribution is 0.0693. The van der Waals surface area contributed by atoms with E-state index < -0.39 is 12.1 Å². The summed E-state index contributed by atoms with van der Waals surface area (Å²) in [4.78, 5) is 11.7. The summed E-state index contributed by atoms with van der Waals surface area (Å²) in [5.41, 5.74) is 1.31. The highest BCUT2D eigenvalue weighted by atomic mass is 32.2. The molecule has 0 heterocycles.